The lowest BCUT2D eigenvalue weighted by Gasteiger charge is -2.25. The third kappa shape index (κ3) is 8.22. The van der Waals surface area contributed by atoms with Crippen LogP contribution in [0.15, 0.2) is 91.0 Å². The molecule has 0 aromatic heterocycles. The van der Waals surface area contributed by atoms with Crippen molar-refractivity contribution in [2.75, 3.05) is 4.90 Å². The molecule has 0 saturated carbocycles. The molecule has 0 amide bonds. The van der Waals surface area contributed by atoms with Gasteiger partial charge in [-0.2, -0.15) is 0 Å². The van der Waals surface area contributed by atoms with Gasteiger partial charge in [-0.1, -0.05) is 87.2 Å². The predicted octanol–water partition coefficient (Wildman–Crippen LogP) is 7.59. The molecule has 0 bridgehead atoms. The molecule has 0 saturated heterocycles. The molecule has 0 aliphatic heterocycles. The smallest absolute Gasteiger partial charge is 0.303 e. The average molecular weight is 390 g/mol. The molecule has 3 rings (SSSR count). The van der Waals surface area contributed by atoms with Crippen LogP contribution >= 0.6 is 0 Å². The summed E-state index contributed by atoms with van der Waals surface area (Å²) in [5, 5.41) is 8.27. The average Bonchev–Trinajstić information content (AvgIpc) is 2.76. The fourth-order valence-electron chi connectivity index (χ4n) is 3.06. The fourth-order valence-corrected chi connectivity index (χ4v) is 3.06. The molecule has 1 N–H and O–H groups in total. The number of carboxylic acids is 1. The number of benzene rings is 3. The minimum absolute atomic E-state index is 0.337. The molecule has 152 valence electrons. The maximum absolute atomic E-state index is 10.0. The van der Waals surface area contributed by atoms with Crippen molar-refractivity contribution in [2.24, 2.45) is 0 Å². The Morgan fingerprint density at radius 3 is 1.38 bits per heavy atom. The van der Waals surface area contributed by atoms with Crippen molar-refractivity contribution in [3.63, 3.8) is 0 Å². The molecule has 0 fully saturated rings. The molecule has 3 heteroatoms. The Kier molecular flexibility index (Phi) is 10.1. The minimum atomic E-state index is -0.670. The first kappa shape index (κ1) is 22.2. The standard InChI is InChI=1S/C18H15N.C8H16O2/c1-4-10-16(11-5-1)19(17-12-6-2-7-13-17)18-14-8-3-9-15-18;1-2-3-4-5-6-7-8(9)10/h1-15H;2-7H2,1H3,(H,9,10). The van der Waals surface area contributed by atoms with Gasteiger partial charge in [-0.3, -0.25) is 4.79 Å². The number of carbonyl (C=O) groups is 1. The number of hydrogen-bond donors (Lipinski definition) is 1. The molecule has 29 heavy (non-hydrogen) atoms. The van der Waals surface area contributed by atoms with Crippen LogP contribution in [-0.2, 0) is 4.79 Å². The second kappa shape index (κ2) is 13.2. The van der Waals surface area contributed by atoms with Crippen molar-refractivity contribution >= 4 is 23.0 Å². The number of para-hydroxylation sites is 3. The number of hydrogen-bond acceptors (Lipinski definition) is 2. The highest BCUT2D eigenvalue weighted by Crippen LogP contribution is 2.33. The second-order valence-electron chi connectivity index (χ2n) is 6.90. The molecule has 0 aliphatic rings. The maximum Gasteiger partial charge on any atom is 0.303 e. The summed E-state index contributed by atoms with van der Waals surface area (Å²) in [5.41, 5.74) is 3.50. The summed E-state index contributed by atoms with van der Waals surface area (Å²) in [4.78, 5) is 12.3. The van der Waals surface area contributed by atoms with E-state index in [-0.39, 0.29) is 0 Å². The minimum Gasteiger partial charge on any atom is -0.481 e. The van der Waals surface area contributed by atoms with Gasteiger partial charge in [-0.05, 0) is 42.8 Å². The predicted molar refractivity (Wildman–Crippen MR) is 122 cm³/mol. The van der Waals surface area contributed by atoms with Crippen molar-refractivity contribution in [1.82, 2.24) is 0 Å². The third-order valence-corrected chi connectivity index (χ3v) is 4.54. The Labute approximate surface area is 174 Å². The highest BCUT2D eigenvalue weighted by Gasteiger charge is 2.10. The second-order valence-corrected chi connectivity index (χ2v) is 6.90. The van der Waals surface area contributed by atoms with Crippen LogP contribution in [0.3, 0.4) is 0 Å². The number of nitrogens with zero attached hydrogens (tertiary/aromatic N) is 1. The monoisotopic (exact) mass is 389 g/mol. The summed E-state index contributed by atoms with van der Waals surface area (Å²) >= 11 is 0. The van der Waals surface area contributed by atoms with Gasteiger partial charge in [0.15, 0.2) is 0 Å². The highest BCUT2D eigenvalue weighted by molar-refractivity contribution is 5.76. The number of aliphatic carboxylic acids is 1. The normalized spacial score (nSPS) is 9.97. The van der Waals surface area contributed by atoms with Gasteiger partial charge < -0.3 is 10.0 Å². The fraction of sp³-hybridized carbons (Fsp3) is 0.269. The van der Waals surface area contributed by atoms with Crippen molar-refractivity contribution in [3.05, 3.63) is 91.0 Å². The zero-order chi connectivity index (χ0) is 20.7. The molecule has 0 radical (unpaired) electrons. The Morgan fingerprint density at radius 2 is 1.03 bits per heavy atom. The van der Waals surface area contributed by atoms with E-state index in [1.807, 2.05) is 18.2 Å². The summed E-state index contributed by atoms with van der Waals surface area (Å²) in [6.45, 7) is 2.15. The van der Waals surface area contributed by atoms with E-state index < -0.39 is 5.97 Å². The molecule has 0 unspecified atom stereocenters. The first-order valence-corrected chi connectivity index (χ1v) is 10.4. The molecule has 3 aromatic carbocycles. The molecule has 3 aromatic rings. The van der Waals surface area contributed by atoms with Crippen molar-refractivity contribution in [1.29, 1.82) is 0 Å². The van der Waals surface area contributed by atoms with Crippen LogP contribution in [0, 0.1) is 0 Å². The summed E-state index contributed by atoms with van der Waals surface area (Å²) < 4.78 is 0. The van der Waals surface area contributed by atoms with Crippen LogP contribution in [0.25, 0.3) is 0 Å². The molecule has 0 atom stereocenters. The van der Waals surface area contributed by atoms with Crippen LogP contribution in [0.5, 0.6) is 0 Å². The molecule has 0 spiro atoms. The van der Waals surface area contributed by atoms with Gasteiger partial charge in [0.05, 0.1) is 0 Å². The molecule has 0 heterocycles. The lowest BCUT2D eigenvalue weighted by Crippen LogP contribution is -2.09. The Hall–Kier alpha value is -3.07. The Bertz CT molecular complexity index is 710. The quantitative estimate of drug-likeness (QED) is 0.383. The molecule has 0 aliphatic carbocycles. The van der Waals surface area contributed by atoms with E-state index in [2.05, 4.69) is 84.6 Å². The van der Waals surface area contributed by atoms with Crippen LogP contribution in [0.1, 0.15) is 45.4 Å². The first-order chi connectivity index (χ1) is 14.2. The van der Waals surface area contributed by atoms with Gasteiger partial charge in [0.1, 0.15) is 0 Å². The lowest BCUT2D eigenvalue weighted by atomic mass is 10.1. The van der Waals surface area contributed by atoms with E-state index in [0.29, 0.717) is 6.42 Å². The number of rotatable bonds is 9. The highest BCUT2D eigenvalue weighted by atomic mass is 16.4. The van der Waals surface area contributed by atoms with Crippen LogP contribution in [-0.4, -0.2) is 11.1 Å². The number of anilines is 3. The topological polar surface area (TPSA) is 40.5 Å². The van der Waals surface area contributed by atoms with Crippen molar-refractivity contribution in [3.8, 4) is 0 Å². The van der Waals surface area contributed by atoms with E-state index in [1.54, 1.807) is 0 Å². The largest absolute Gasteiger partial charge is 0.481 e. The van der Waals surface area contributed by atoms with Gasteiger partial charge in [-0.25, -0.2) is 0 Å². The van der Waals surface area contributed by atoms with E-state index in [4.69, 9.17) is 5.11 Å². The van der Waals surface area contributed by atoms with Crippen LogP contribution < -0.4 is 4.90 Å². The molecular formula is C26H31NO2. The van der Waals surface area contributed by atoms with E-state index in [1.165, 1.54) is 36.3 Å². The maximum atomic E-state index is 10.0. The molecular weight excluding hydrogens is 358 g/mol. The van der Waals surface area contributed by atoms with Gasteiger partial charge in [0.2, 0.25) is 0 Å². The number of unbranched alkanes of at least 4 members (excludes halogenated alkanes) is 4. The van der Waals surface area contributed by atoms with Gasteiger partial charge in [0.25, 0.3) is 0 Å². The Balaban J connectivity index is 0.000000257. The molecule has 3 nitrogen and oxygen atoms in total. The summed E-state index contributed by atoms with van der Waals surface area (Å²) in [6, 6.07) is 31.3. The summed E-state index contributed by atoms with van der Waals surface area (Å²) in [5.74, 6) is -0.670. The third-order valence-electron chi connectivity index (χ3n) is 4.54. The van der Waals surface area contributed by atoms with E-state index >= 15 is 0 Å². The van der Waals surface area contributed by atoms with Crippen LogP contribution in [0.4, 0.5) is 17.1 Å². The number of carboxylic acid groups (broad SMARTS) is 1. The first-order valence-electron chi connectivity index (χ1n) is 10.4. The van der Waals surface area contributed by atoms with E-state index in [9.17, 15) is 4.79 Å². The van der Waals surface area contributed by atoms with Gasteiger partial charge >= 0.3 is 5.97 Å². The van der Waals surface area contributed by atoms with E-state index in [0.717, 1.165) is 12.8 Å². The summed E-state index contributed by atoms with van der Waals surface area (Å²) in [6.07, 6.45) is 5.88. The Morgan fingerprint density at radius 1 is 0.655 bits per heavy atom. The van der Waals surface area contributed by atoms with Crippen LogP contribution in [0.2, 0.25) is 0 Å². The van der Waals surface area contributed by atoms with Gasteiger partial charge in [-0.15, -0.1) is 0 Å². The SMILES string of the molecule is CCCCCCCC(=O)O.c1ccc(N(c2ccccc2)c2ccccc2)cc1. The van der Waals surface area contributed by atoms with Crippen molar-refractivity contribution < 1.29 is 9.90 Å². The lowest BCUT2D eigenvalue weighted by molar-refractivity contribution is -0.137. The zero-order valence-electron chi connectivity index (χ0n) is 17.2. The zero-order valence-corrected chi connectivity index (χ0v) is 17.2. The summed E-state index contributed by atoms with van der Waals surface area (Å²) in [7, 11) is 0. The van der Waals surface area contributed by atoms with Crippen molar-refractivity contribution in [2.45, 2.75) is 45.4 Å². The van der Waals surface area contributed by atoms with Gasteiger partial charge in [0, 0.05) is 23.5 Å².